The Hall–Kier alpha value is -0.870. The summed E-state index contributed by atoms with van der Waals surface area (Å²) in [7, 11) is 0. The highest BCUT2D eigenvalue weighted by molar-refractivity contribution is 5.85. The van der Waals surface area contributed by atoms with Crippen LogP contribution in [-0.2, 0) is 0 Å². The molecule has 1 saturated carbocycles. The van der Waals surface area contributed by atoms with E-state index in [0.29, 0.717) is 12.3 Å². The molecular weight excluding hydrogens is 236 g/mol. The first-order valence-electron chi connectivity index (χ1n) is 5.02. The molecule has 1 atom stereocenters. The molecule has 0 amide bonds. The fourth-order valence-corrected chi connectivity index (χ4v) is 1.74. The van der Waals surface area contributed by atoms with Crippen LogP contribution >= 0.6 is 12.4 Å². The Labute approximate surface area is 98.9 Å². The largest absolute Gasteiger partial charge is 0.505 e. The van der Waals surface area contributed by atoms with E-state index in [9.17, 15) is 13.9 Å². The second kappa shape index (κ2) is 4.97. The third kappa shape index (κ3) is 2.62. The summed E-state index contributed by atoms with van der Waals surface area (Å²) in [6.45, 7) is 0. The molecule has 1 aliphatic carbocycles. The smallest absolute Gasteiger partial charge is 0.165 e. The van der Waals surface area contributed by atoms with Gasteiger partial charge in [-0.05, 0) is 24.5 Å². The van der Waals surface area contributed by atoms with Crippen LogP contribution in [0, 0.1) is 17.6 Å². The van der Waals surface area contributed by atoms with Crippen molar-refractivity contribution >= 4 is 12.4 Å². The van der Waals surface area contributed by atoms with Crippen LogP contribution in [0.15, 0.2) is 12.1 Å². The van der Waals surface area contributed by atoms with E-state index in [1.165, 1.54) is 0 Å². The van der Waals surface area contributed by atoms with Crippen molar-refractivity contribution in [1.82, 2.24) is 0 Å². The predicted octanol–water partition coefficient (Wildman–Crippen LogP) is 2.89. The van der Waals surface area contributed by atoms with E-state index >= 15 is 0 Å². The average molecular weight is 250 g/mol. The average Bonchev–Trinajstić information content (AvgIpc) is 2.96. The zero-order chi connectivity index (χ0) is 11.0. The monoisotopic (exact) mass is 249 g/mol. The van der Waals surface area contributed by atoms with Gasteiger partial charge in [0.25, 0.3) is 0 Å². The van der Waals surface area contributed by atoms with Gasteiger partial charge in [0.1, 0.15) is 5.82 Å². The maximum absolute atomic E-state index is 13.3. The fraction of sp³-hybridized carbons (Fsp3) is 0.455. The van der Waals surface area contributed by atoms with Crippen molar-refractivity contribution in [1.29, 1.82) is 0 Å². The lowest BCUT2D eigenvalue weighted by molar-refractivity contribution is 0.405. The molecule has 5 heteroatoms. The summed E-state index contributed by atoms with van der Waals surface area (Å²) in [6.07, 6.45) is 2.78. The first-order chi connectivity index (χ1) is 7.09. The topological polar surface area (TPSA) is 46.2 Å². The van der Waals surface area contributed by atoms with Crippen molar-refractivity contribution in [2.75, 3.05) is 0 Å². The molecule has 1 fully saturated rings. The lowest BCUT2D eigenvalue weighted by Gasteiger charge is -2.14. The van der Waals surface area contributed by atoms with Crippen LogP contribution in [-0.4, -0.2) is 5.11 Å². The van der Waals surface area contributed by atoms with Gasteiger partial charge in [-0.25, -0.2) is 8.78 Å². The molecule has 2 rings (SSSR count). The zero-order valence-corrected chi connectivity index (χ0v) is 9.44. The third-order valence-electron chi connectivity index (χ3n) is 2.77. The molecule has 90 valence electrons. The molecule has 0 aliphatic heterocycles. The van der Waals surface area contributed by atoms with Gasteiger partial charge < -0.3 is 10.8 Å². The number of phenols is 1. The first-order valence-corrected chi connectivity index (χ1v) is 5.02. The Bertz CT molecular complexity index is 382. The predicted molar refractivity (Wildman–Crippen MR) is 59.5 cm³/mol. The van der Waals surface area contributed by atoms with E-state index in [-0.39, 0.29) is 18.0 Å². The van der Waals surface area contributed by atoms with Gasteiger partial charge in [-0.1, -0.05) is 12.8 Å². The van der Waals surface area contributed by atoms with E-state index in [0.717, 1.165) is 25.0 Å². The second-order valence-electron chi connectivity index (χ2n) is 4.08. The third-order valence-corrected chi connectivity index (χ3v) is 2.77. The Kier molecular flexibility index (Phi) is 4.10. The second-order valence-corrected chi connectivity index (χ2v) is 4.08. The summed E-state index contributed by atoms with van der Waals surface area (Å²) in [5.41, 5.74) is 5.64. The van der Waals surface area contributed by atoms with E-state index in [1.54, 1.807) is 0 Å². The highest BCUT2D eigenvalue weighted by Crippen LogP contribution is 2.39. The van der Waals surface area contributed by atoms with Gasteiger partial charge in [0, 0.05) is 11.6 Å². The van der Waals surface area contributed by atoms with Gasteiger partial charge in [-0.15, -0.1) is 12.4 Å². The van der Waals surface area contributed by atoms with Gasteiger partial charge in [-0.3, -0.25) is 0 Å². The molecule has 1 aromatic carbocycles. The summed E-state index contributed by atoms with van der Waals surface area (Å²) in [5.74, 6) is -1.61. The van der Waals surface area contributed by atoms with E-state index in [4.69, 9.17) is 5.73 Å². The van der Waals surface area contributed by atoms with E-state index < -0.39 is 23.4 Å². The van der Waals surface area contributed by atoms with Crippen molar-refractivity contribution in [2.24, 2.45) is 11.7 Å². The molecule has 0 spiro atoms. The van der Waals surface area contributed by atoms with Gasteiger partial charge in [-0.2, -0.15) is 0 Å². The molecule has 3 N–H and O–H groups in total. The van der Waals surface area contributed by atoms with E-state index in [1.807, 2.05) is 0 Å². The highest BCUT2D eigenvalue weighted by atomic mass is 35.5. The molecule has 0 bridgehead atoms. The number of nitrogens with two attached hydrogens (primary N) is 1. The van der Waals surface area contributed by atoms with Crippen molar-refractivity contribution in [3.8, 4) is 5.75 Å². The fourth-order valence-electron chi connectivity index (χ4n) is 1.74. The minimum absolute atomic E-state index is 0. The molecule has 0 heterocycles. The number of benzene rings is 1. The van der Waals surface area contributed by atoms with Crippen LogP contribution in [0.2, 0.25) is 0 Å². The molecule has 1 aromatic rings. The summed E-state index contributed by atoms with van der Waals surface area (Å²) >= 11 is 0. The zero-order valence-electron chi connectivity index (χ0n) is 8.62. The maximum Gasteiger partial charge on any atom is 0.165 e. The van der Waals surface area contributed by atoms with Crippen molar-refractivity contribution in [3.05, 3.63) is 29.3 Å². The number of rotatable bonds is 3. The van der Waals surface area contributed by atoms with Gasteiger partial charge in [0.2, 0.25) is 0 Å². The molecular formula is C11H14ClF2NO. The minimum atomic E-state index is -0.822. The van der Waals surface area contributed by atoms with Crippen LogP contribution < -0.4 is 5.73 Å². The molecule has 0 unspecified atom stereocenters. The maximum atomic E-state index is 13.3. The Morgan fingerprint density at radius 3 is 2.44 bits per heavy atom. The first kappa shape index (κ1) is 13.2. The highest BCUT2D eigenvalue weighted by Gasteiger charge is 2.27. The number of aromatic hydroxyl groups is 1. The number of hydrogen-bond acceptors (Lipinski definition) is 2. The molecule has 16 heavy (non-hydrogen) atoms. The molecule has 0 radical (unpaired) electrons. The van der Waals surface area contributed by atoms with Crippen LogP contribution in [0.5, 0.6) is 5.75 Å². The summed E-state index contributed by atoms with van der Waals surface area (Å²) in [5, 5.41) is 9.39. The Morgan fingerprint density at radius 2 is 1.88 bits per heavy atom. The lowest BCUT2D eigenvalue weighted by Crippen LogP contribution is -2.13. The van der Waals surface area contributed by atoms with Gasteiger partial charge >= 0.3 is 0 Å². The Morgan fingerprint density at radius 1 is 1.31 bits per heavy atom. The minimum Gasteiger partial charge on any atom is -0.505 e. The molecule has 0 aromatic heterocycles. The van der Waals surface area contributed by atoms with Crippen molar-refractivity contribution in [2.45, 2.75) is 25.3 Å². The van der Waals surface area contributed by atoms with E-state index in [2.05, 4.69) is 0 Å². The molecule has 1 aliphatic rings. The van der Waals surface area contributed by atoms with Crippen molar-refractivity contribution < 1.29 is 13.9 Å². The number of hydrogen-bond donors (Lipinski definition) is 2. The Balaban J connectivity index is 0.00000128. The van der Waals surface area contributed by atoms with Crippen LogP contribution in [0.1, 0.15) is 30.9 Å². The quantitative estimate of drug-likeness (QED) is 0.865. The standard InChI is InChI=1S/C11H13F2NO.ClH/c12-7-3-4-8(13)11(15)10(7)9(14)5-6-1-2-6;/h3-4,6,9,15H,1-2,5,14H2;1H/t9-;/m1./s1. The van der Waals surface area contributed by atoms with Gasteiger partial charge in [0.15, 0.2) is 11.6 Å². The SMILES string of the molecule is Cl.N[C@H](CC1CC1)c1c(F)ccc(F)c1O. The number of halogens is 3. The van der Waals surface area contributed by atoms with Crippen molar-refractivity contribution in [3.63, 3.8) is 0 Å². The summed E-state index contributed by atoms with van der Waals surface area (Å²) in [6, 6.07) is 1.28. The van der Waals surface area contributed by atoms with Crippen LogP contribution in [0.25, 0.3) is 0 Å². The van der Waals surface area contributed by atoms with Crippen LogP contribution in [0.4, 0.5) is 8.78 Å². The normalized spacial score (nSPS) is 16.7. The molecule has 0 saturated heterocycles. The summed E-state index contributed by atoms with van der Waals surface area (Å²) < 4.78 is 26.3. The van der Waals surface area contributed by atoms with Crippen LogP contribution in [0.3, 0.4) is 0 Å². The summed E-state index contributed by atoms with van der Waals surface area (Å²) in [4.78, 5) is 0. The number of phenolic OH excluding ortho intramolecular Hbond substituents is 1. The molecule has 2 nitrogen and oxygen atoms in total. The van der Waals surface area contributed by atoms with Gasteiger partial charge in [0.05, 0.1) is 0 Å². The lowest BCUT2D eigenvalue weighted by atomic mass is 10.0.